The Kier molecular flexibility index (Phi) is 4.45. The zero-order valence-electron chi connectivity index (χ0n) is 10.8. The fraction of sp³-hybridized carbons (Fsp3) is 0.250. The molecule has 0 aliphatic heterocycles. The van der Waals surface area contributed by atoms with Crippen LogP contribution in [0, 0.1) is 6.92 Å². The molecule has 0 saturated heterocycles. The van der Waals surface area contributed by atoms with Crippen molar-refractivity contribution in [3.63, 3.8) is 0 Å². The van der Waals surface area contributed by atoms with Crippen molar-refractivity contribution in [2.24, 2.45) is 0 Å². The maximum Gasteiger partial charge on any atom is 0.0798 e. The molecule has 2 aromatic carbocycles. The summed E-state index contributed by atoms with van der Waals surface area (Å²) in [5.74, 6) is 0. The van der Waals surface area contributed by atoms with E-state index in [1.807, 2.05) is 37.3 Å². The first kappa shape index (κ1) is 13.2. The Morgan fingerprint density at radius 2 is 1.61 bits per heavy atom. The van der Waals surface area contributed by atoms with Crippen LogP contribution in [0.3, 0.4) is 0 Å². The molecular weight excluding hydrogens is 240 g/mol. The molecule has 0 aliphatic carbocycles. The topological polar surface area (TPSA) is 20.2 Å². The molecule has 0 amide bonds. The molecule has 18 heavy (non-hydrogen) atoms. The summed E-state index contributed by atoms with van der Waals surface area (Å²) in [6, 6.07) is 16.4. The zero-order chi connectivity index (χ0) is 13.0. The number of aliphatic hydroxyl groups excluding tert-OH is 1. The third kappa shape index (κ3) is 2.95. The monoisotopic (exact) mass is 258 g/mol. The van der Waals surface area contributed by atoms with Crippen molar-refractivity contribution in [2.45, 2.75) is 36.2 Å². The quantitative estimate of drug-likeness (QED) is 0.865. The Morgan fingerprint density at radius 3 is 2.28 bits per heavy atom. The Bertz CT molecular complexity index is 522. The number of hydrogen-bond donors (Lipinski definition) is 1. The Balaban J connectivity index is 2.32. The molecule has 2 aromatic rings. The summed E-state index contributed by atoms with van der Waals surface area (Å²) < 4.78 is 0. The molecule has 0 unspecified atom stereocenters. The van der Waals surface area contributed by atoms with Crippen LogP contribution in [0.15, 0.2) is 58.3 Å². The first-order chi connectivity index (χ1) is 8.72. The summed E-state index contributed by atoms with van der Waals surface area (Å²) in [6.45, 7) is 4.11. The summed E-state index contributed by atoms with van der Waals surface area (Å²) >= 11 is 1.72. The van der Waals surface area contributed by atoms with Gasteiger partial charge in [-0.05, 0) is 36.6 Å². The summed E-state index contributed by atoms with van der Waals surface area (Å²) in [4.78, 5) is 2.38. The van der Waals surface area contributed by atoms with Crippen molar-refractivity contribution in [3.05, 3.63) is 59.7 Å². The van der Waals surface area contributed by atoms with Gasteiger partial charge in [0.1, 0.15) is 0 Å². The molecule has 94 valence electrons. The van der Waals surface area contributed by atoms with Crippen molar-refractivity contribution in [3.8, 4) is 0 Å². The van der Waals surface area contributed by atoms with E-state index >= 15 is 0 Å². The first-order valence-corrected chi connectivity index (χ1v) is 7.04. The van der Waals surface area contributed by atoms with Crippen LogP contribution in [0.25, 0.3) is 0 Å². The smallest absolute Gasteiger partial charge is 0.0798 e. The van der Waals surface area contributed by atoms with Crippen LogP contribution in [0.5, 0.6) is 0 Å². The molecule has 2 rings (SSSR count). The van der Waals surface area contributed by atoms with Gasteiger partial charge in [0.2, 0.25) is 0 Å². The standard InChI is InChI=1S/C16H18OS/c1-3-14(17)13-9-5-7-11-16(13)18-15-10-6-4-8-12(15)2/h4-11,14,17H,3H2,1-2H3/t14-/m1/s1. The van der Waals surface area contributed by atoms with E-state index in [-0.39, 0.29) is 6.10 Å². The maximum atomic E-state index is 10.0. The zero-order valence-corrected chi connectivity index (χ0v) is 11.6. The van der Waals surface area contributed by atoms with Gasteiger partial charge in [0, 0.05) is 9.79 Å². The van der Waals surface area contributed by atoms with Gasteiger partial charge in [-0.3, -0.25) is 0 Å². The molecule has 1 N–H and O–H groups in total. The van der Waals surface area contributed by atoms with Crippen LogP contribution in [0.4, 0.5) is 0 Å². The van der Waals surface area contributed by atoms with E-state index in [0.29, 0.717) is 0 Å². The van der Waals surface area contributed by atoms with Crippen molar-refractivity contribution in [1.82, 2.24) is 0 Å². The predicted molar refractivity (Wildman–Crippen MR) is 77.0 cm³/mol. The molecule has 0 bridgehead atoms. The lowest BCUT2D eigenvalue weighted by atomic mass is 10.1. The van der Waals surface area contributed by atoms with E-state index in [1.54, 1.807) is 11.8 Å². The molecule has 1 nitrogen and oxygen atoms in total. The first-order valence-electron chi connectivity index (χ1n) is 6.23. The van der Waals surface area contributed by atoms with Crippen molar-refractivity contribution < 1.29 is 5.11 Å². The number of aryl methyl sites for hydroxylation is 1. The second kappa shape index (κ2) is 6.07. The summed E-state index contributed by atoms with van der Waals surface area (Å²) in [5, 5.41) is 10.0. The molecule has 0 fully saturated rings. The van der Waals surface area contributed by atoms with E-state index in [2.05, 4.69) is 25.1 Å². The molecular formula is C16H18OS. The van der Waals surface area contributed by atoms with Gasteiger partial charge in [-0.2, -0.15) is 0 Å². The van der Waals surface area contributed by atoms with Crippen molar-refractivity contribution in [1.29, 1.82) is 0 Å². The van der Waals surface area contributed by atoms with Crippen LogP contribution < -0.4 is 0 Å². The lowest BCUT2D eigenvalue weighted by Crippen LogP contribution is -1.97. The summed E-state index contributed by atoms with van der Waals surface area (Å²) in [5.41, 5.74) is 2.29. The number of benzene rings is 2. The van der Waals surface area contributed by atoms with Gasteiger partial charge >= 0.3 is 0 Å². The lowest BCUT2D eigenvalue weighted by Gasteiger charge is -2.14. The molecule has 0 radical (unpaired) electrons. The van der Waals surface area contributed by atoms with E-state index in [1.165, 1.54) is 10.5 Å². The minimum Gasteiger partial charge on any atom is -0.388 e. The highest BCUT2D eigenvalue weighted by Gasteiger charge is 2.11. The molecule has 0 aliphatic rings. The van der Waals surface area contributed by atoms with E-state index in [9.17, 15) is 5.11 Å². The van der Waals surface area contributed by atoms with Gasteiger partial charge in [0.15, 0.2) is 0 Å². The second-order valence-corrected chi connectivity index (χ2v) is 5.41. The normalized spacial score (nSPS) is 12.4. The Morgan fingerprint density at radius 1 is 1.00 bits per heavy atom. The fourth-order valence-electron chi connectivity index (χ4n) is 1.86. The number of aliphatic hydroxyl groups is 1. The van der Waals surface area contributed by atoms with Gasteiger partial charge in [-0.25, -0.2) is 0 Å². The Labute approximate surface area is 113 Å². The average molecular weight is 258 g/mol. The third-order valence-corrected chi connectivity index (χ3v) is 4.25. The Hall–Kier alpha value is -1.25. The third-order valence-electron chi connectivity index (χ3n) is 2.98. The predicted octanol–water partition coefficient (Wildman–Crippen LogP) is 4.59. The maximum absolute atomic E-state index is 10.0. The molecule has 0 aromatic heterocycles. The molecule has 0 spiro atoms. The van der Waals surface area contributed by atoms with Crippen LogP contribution in [-0.4, -0.2) is 5.11 Å². The van der Waals surface area contributed by atoms with Gasteiger partial charge in [-0.1, -0.05) is 55.1 Å². The lowest BCUT2D eigenvalue weighted by molar-refractivity contribution is 0.171. The van der Waals surface area contributed by atoms with Crippen LogP contribution in [-0.2, 0) is 0 Å². The van der Waals surface area contributed by atoms with Crippen molar-refractivity contribution in [2.75, 3.05) is 0 Å². The van der Waals surface area contributed by atoms with Gasteiger partial charge in [0.25, 0.3) is 0 Å². The van der Waals surface area contributed by atoms with Crippen LogP contribution >= 0.6 is 11.8 Å². The summed E-state index contributed by atoms with van der Waals surface area (Å²) in [7, 11) is 0. The van der Waals surface area contributed by atoms with E-state index in [4.69, 9.17) is 0 Å². The highest BCUT2D eigenvalue weighted by Crippen LogP contribution is 2.35. The van der Waals surface area contributed by atoms with Crippen molar-refractivity contribution >= 4 is 11.8 Å². The number of hydrogen-bond acceptors (Lipinski definition) is 2. The van der Waals surface area contributed by atoms with Gasteiger partial charge < -0.3 is 5.11 Å². The highest BCUT2D eigenvalue weighted by atomic mass is 32.2. The highest BCUT2D eigenvalue weighted by molar-refractivity contribution is 7.99. The average Bonchev–Trinajstić information content (AvgIpc) is 2.41. The molecule has 0 heterocycles. The van der Waals surface area contributed by atoms with E-state index < -0.39 is 0 Å². The van der Waals surface area contributed by atoms with Gasteiger partial charge in [-0.15, -0.1) is 0 Å². The number of rotatable bonds is 4. The largest absolute Gasteiger partial charge is 0.388 e. The molecule has 2 heteroatoms. The fourth-order valence-corrected chi connectivity index (χ4v) is 2.94. The minimum atomic E-state index is -0.377. The SMILES string of the molecule is CC[C@@H](O)c1ccccc1Sc1ccccc1C. The second-order valence-electron chi connectivity index (χ2n) is 4.33. The molecule has 1 atom stereocenters. The minimum absolute atomic E-state index is 0.377. The van der Waals surface area contributed by atoms with Crippen LogP contribution in [0.1, 0.15) is 30.6 Å². The van der Waals surface area contributed by atoms with E-state index in [0.717, 1.165) is 16.9 Å². The molecule has 0 saturated carbocycles. The summed E-state index contributed by atoms with van der Waals surface area (Å²) in [6.07, 6.45) is 0.364. The van der Waals surface area contributed by atoms with Crippen LogP contribution in [0.2, 0.25) is 0 Å². The van der Waals surface area contributed by atoms with Gasteiger partial charge in [0.05, 0.1) is 6.10 Å².